The van der Waals surface area contributed by atoms with Gasteiger partial charge in [0.2, 0.25) is 0 Å². The number of fused-ring (bicyclic) bond motifs is 1. The Morgan fingerprint density at radius 2 is 2.11 bits per heavy atom. The highest BCUT2D eigenvalue weighted by molar-refractivity contribution is 9.10. The zero-order chi connectivity index (χ0) is 13.2. The summed E-state index contributed by atoms with van der Waals surface area (Å²) >= 11 is 3.63. The first-order valence-electron chi connectivity index (χ1n) is 7.05. The fraction of sp³-hybridized carbons (Fsp3) is 0.600. The Morgan fingerprint density at radius 1 is 1.26 bits per heavy atom. The molecule has 2 unspecified atom stereocenters. The van der Waals surface area contributed by atoms with E-state index in [9.17, 15) is 0 Å². The van der Waals surface area contributed by atoms with Gasteiger partial charge in [0.1, 0.15) is 0 Å². The third-order valence-corrected chi connectivity index (χ3v) is 4.63. The Balaban J connectivity index is 1.94. The van der Waals surface area contributed by atoms with Gasteiger partial charge in [-0.15, -0.1) is 0 Å². The van der Waals surface area contributed by atoms with Crippen LogP contribution in [0.3, 0.4) is 0 Å². The highest BCUT2D eigenvalue weighted by Crippen LogP contribution is 2.42. The maximum atomic E-state index is 5.83. The van der Waals surface area contributed by atoms with Crippen LogP contribution in [0, 0.1) is 5.92 Å². The number of rotatable bonds is 1. The topological polar surface area (TPSA) is 30.5 Å². The average Bonchev–Trinajstić information content (AvgIpc) is 2.65. The van der Waals surface area contributed by atoms with E-state index in [1.807, 2.05) is 0 Å². The van der Waals surface area contributed by atoms with E-state index in [0.717, 1.165) is 48.7 Å². The summed E-state index contributed by atoms with van der Waals surface area (Å²) in [6, 6.07) is 4.39. The van der Waals surface area contributed by atoms with Gasteiger partial charge in [-0.3, -0.25) is 0 Å². The summed E-state index contributed by atoms with van der Waals surface area (Å²) in [6.07, 6.45) is 2.13. The lowest BCUT2D eigenvalue weighted by Crippen LogP contribution is -2.33. The van der Waals surface area contributed by atoms with Crippen LogP contribution in [0.5, 0.6) is 11.5 Å². The largest absolute Gasteiger partial charge is 0.490 e. The first-order valence-corrected chi connectivity index (χ1v) is 7.85. The number of hydrogen-bond acceptors (Lipinski definition) is 3. The molecule has 0 aliphatic carbocycles. The van der Waals surface area contributed by atoms with Gasteiger partial charge < -0.3 is 14.8 Å². The van der Waals surface area contributed by atoms with Crippen molar-refractivity contribution < 1.29 is 9.47 Å². The second-order valence-electron chi connectivity index (χ2n) is 5.46. The summed E-state index contributed by atoms with van der Waals surface area (Å²) in [4.78, 5) is 0. The van der Waals surface area contributed by atoms with Crippen LogP contribution < -0.4 is 14.8 Å². The Hall–Kier alpha value is -0.740. The maximum Gasteiger partial charge on any atom is 0.175 e. The number of ether oxygens (including phenoxy) is 2. The minimum absolute atomic E-state index is 0.606. The number of hydrogen-bond donors (Lipinski definition) is 1. The highest BCUT2D eigenvalue weighted by Gasteiger charge is 2.25. The van der Waals surface area contributed by atoms with E-state index in [1.165, 1.54) is 12.0 Å². The minimum atomic E-state index is 0.606. The van der Waals surface area contributed by atoms with Crippen LogP contribution in [-0.4, -0.2) is 26.3 Å². The van der Waals surface area contributed by atoms with Gasteiger partial charge >= 0.3 is 0 Å². The molecule has 0 spiro atoms. The molecule has 104 valence electrons. The molecule has 4 heteroatoms. The molecule has 3 nitrogen and oxygen atoms in total. The molecule has 1 fully saturated rings. The van der Waals surface area contributed by atoms with E-state index in [1.54, 1.807) is 0 Å². The molecular formula is C15H20BrNO2. The fourth-order valence-electron chi connectivity index (χ4n) is 2.97. The number of benzene rings is 1. The Bertz CT molecular complexity index is 464. The highest BCUT2D eigenvalue weighted by atomic mass is 79.9. The molecule has 0 saturated carbocycles. The van der Waals surface area contributed by atoms with Crippen molar-refractivity contribution in [1.29, 1.82) is 0 Å². The van der Waals surface area contributed by atoms with Crippen molar-refractivity contribution in [2.75, 3.05) is 26.3 Å². The zero-order valence-electron chi connectivity index (χ0n) is 11.2. The molecule has 1 aromatic carbocycles. The Kier molecular flexibility index (Phi) is 3.99. The maximum absolute atomic E-state index is 5.83. The lowest BCUT2D eigenvalue weighted by molar-refractivity contribution is 0.296. The van der Waals surface area contributed by atoms with Crippen molar-refractivity contribution in [2.45, 2.75) is 25.7 Å². The fourth-order valence-corrected chi connectivity index (χ4v) is 3.55. The molecule has 2 aliphatic rings. The van der Waals surface area contributed by atoms with E-state index in [2.05, 4.69) is 40.3 Å². The van der Waals surface area contributed by atoms with Gasteiger partial charge in [-0.2, -0.15) is 0 Å². The van der Waals surface area contributed by atoms with Gasteiger partial charge in [-0.25, -0.2) is 0 Å². The molecule has 2 aliphatic heterocycles. The lowest BCUT2D eigenvalue weighted by Gasteiger charge is -2.30. The number of nitrogens with one attached hydrogen (secondary N) is 1. The Labute approximate surface area is 122 Å². The first kappa shape index (κ1) is 13.3. The molecule has 0 aromatic heterocycles. The van der Waals surface area contributed by atoms with Crippen molar-refractivity contribution in [2.24, 2.45) is 5.92 Å². The van der Waals surface area contributed by atoms with Gasteiger partial charge in [0.25, 0.3) is 0 Å². The molecule has 19 heavy (non-hydrogen) atoms. The number of halogens is 1. The SMILES string of the molecule is CC1CNCCC1c1cc(Br)c2c(c1)OCCCO2. The van der Waals surface area contributed by atoms with Crippen molar-refractivity contribution in [3.63, 3.8) is 0 Å². The zero-order valence-corrected chi connectivity index (χ0v) is 12.8. The monoisotopic (exact) mass is 325 g/mol. The molecule has 1 aromatic rings. The molecular weight excluding hydrogens is 306 g/mol. The van der Waals surface area contributed by atoms with E-state index >= 15 is 0 Å². The molecule has 2 heterocycles. The van der Waals surface area contributed by atoms with Gasteiger partial charge in [0.05, 0.1) is 17.7 Å². The van der Waals surface area contributed by atoms with Crippen LogP contribution in [0.2, 0.25) is 0 Å². The smallest absolute Gasteiger partial charge is 0.175 e. The van der Waals surface area contributed by atoms with E-state index in [4.69, 9.17) is 9.47 Å². The summed E-state index contributed by atoms with van der Waals surface area (Å²) in [6.45, 7) is 5.98. The van der Waals surface area contributed by atoms with Crippen LogP contribution in [0.25, 0.3) is 0 Å². The van der Waals surface area contributed by atoms with Crippen LogP contribution in [-0.2, 0) is 0 Å². The van der Waals surface area contributed by atoms with Crippen LogP contribution in [0.4, 0.5) is 0 Å². The van der Waals surface area contributed by atoms with E-state index in [0.29, 0.717) is 11.8 Å². The normalized spacial score (nSPS) is 26.8. The lowest BCUT2D eigenvalue weighted by atomic mass is 9.82. The van der Waals surface area contributed by atoms with Crippen LogP contribution in [0.1, 0.15) is 31.2 Å². The van der Waals surface area contributed by atoms with Crippen LogP contribution >= 0.6 is 15.9 Å². The third-order valence-electron chi connectivity index (χ3n) is 4.04. The van der Waals surface area contributed by atoms with Gasteiger partial charge in [0, 0.05) is 6.42 Å². The molecule has 2 atom stereocenters. The molecule has 0 amide bonds. The van der Waals surface area contributed by atoms with Crippen molar-refractivity contribution in [3.8, 4) is 11.5 Å². The summed E-state index contributed by atoms with van der Waals surface area (Å²) in [5, 5.41) is 3.45. The third kappa shape index (κ3) is 2.75. The van der Waals surface area contributed by atoms with Crippen molar-refractivity contribution >= 4 is 15.9 Å². The average molecular weight is 326 g/mol. The minimum Gasteiger partial charge on any atom is -0.490 e. The van der Waals surface area contributed by atoms with Crippen molar-refractivity contribution in [3.05, 3.63) is 22.2 Å². The second-order valence-corrected chi connectivity index (χ2v) is 6.31. The molecule has 0 bridgehead atoms. The van der Waals surface area contributed by atoms with Gasteiger partial charge in [-0.05, 0) is 65.0 Å². The second kappa shape index (κ2) is 5.71. The first-order chi connectivity index (χ1) is 9.25. The Morgan fingerprint density at radius 3 is 2.95 bits per heavy atom. The molecule has 1 N–H and O–H groups in total. The number of piperidine rings is 1. The molecule has 1 saturated heterocycles. The predicted octanol–water partition coefficient (Wildman–Crippen LogP) is 3.32. The van der Waals surface area contributed by atoms with Crippen molar-refractivity contribution in [1.82, 2.24) is 5.32 Å². The summed E-state index contributed by atoms with van der Waals surface area (Å²) in [7, 11) is 0. The van der Waals surface area contributed by atoms with Crippen LogP contribution in [0.15, 0.2) is 16.6 Å². The summed E-state index contributed by atoms with van der Waals surface area (Å²) < 4.78 is 12.6. The van der Waals surface area contributed by atoms with Gasteiger partial charge in [0.15, 0.2) is 11.5 Å². The molecule has 3 rings (SSSR count). The summed E-state index contributed by atoms with van der Waals surface area (Å²) in [5.74, 6) is 3.02. The molecule has 0 radical (unpaired) electrons. The quantitative estimate of drug-likeness (QED) is 0.859. The standard InChI is InChI=1S/C15H20BrNO2/c1-10-9-17-4-3-12(10)11-7-13(16)15-14(8-11)18-5-2-6-19-15/h7-8,10,12,17H,2-6,9H2,1H3. The van der Waals surface area contributed by atoms with E-state index < -0.39 is 0 Å². The summed E-state index contributed by atoms with van der Waals surface area (Å²) in [5.41, 5.74) is 1.37. The van der Waals surface area contributed by atoms with Gasteiger partial charge in [-0.1, -0.05) is 6.92 Å². The predicted molar refractivity (Wildman–Crippen MR) is 79.1 cm³/mol. The van der Waals surface area contributed by atoms with E-state index in [-0.39, 0.29) is 0 Å².